The van der Waals surface area contributed by atoms with Gasteiger partial charge in [0.05, 0.1) is 22.7 Å². The van der Waals surface area contributed by atoms with Crippen LogP contribution in [0.1, 0.15) is 5.56 Å². The van der Waals surface area contributed by atoms with Gasteiger partial charge in [-0.3, -0.25) is 15.2 Å². The lowest BCUT2D eigenvalue weighted by Crippen LogP contribution is -2.04. The number of hydrogen-bond donors (Lipinski definition) is 1. The van der Waals surface area contributed by atoms with E-state index in [2.05, 4.69) is 20.5 Å². The largest absolute Gasteiger partial charge is 0.299 e. The van der Waals surface area contributed by atoms with Gasteiger partial charge in [-0.15, -0.1) is 10.2 Å². The van der Waals surface area contributed by atoms with Gasteiger partial charge in [-0.25, -0.2) is 4.68 Å². The first-order valence-corrected chi connectivity index (χ1v) is 8.40. The van der Waals surface area contributed by atoms with Crippen LogP contribution >= 0.6 is 12.2 Å². The molecule has 0 bridgehead atoms. The maximum Gasteiger partial charge on any atom is 0.269 e. The standard InChI is InChI=1S/C17H13N7O2S/c25-24(26)14-8-6-12(7-9-14)11-22-20-16(19-21-22)15-10-18-23(17(15)27)13-4-2-1-3-5-13/h1-10,18H,11H2. The molecule has 0 amide bonds. The van der Waals surface area contributed by atoms with Crippen LogP contribution in [-0.2, 0) is 6.54 Å². The van der Waals surface area contributed by atoms with Crippen LogP contribution in [0.25, 0.3) is 17.1 Å². The molecule has 4 rings (SSSR count). The number of tetrazole rings is 1. The van der Waals surface area contributed by atoms with E-state index < -0.39 is 4.92 Å². The first-order valence-electron chi connectivity index (χ1n) is 7.99. The summed E-state index contributed by atoms with van der Waals surface area (Å²) in [6.45, 7) is 0.348. The molecular weight excluding hydrogens is 366 g/mol. The molecule has 0 saturated carbocycles. The van der Waals surface area contributed by atoms with E-state index >= 15 is 0 Å². The van der Waals surface area contributed by atoms with E-state index in [-0.39, 0.29) is 5.69 Å². The van der Waals surface area contributed by atoms with Gasteiger partial charge >= 0.3 is 0 Å². The van der Waals surface area contributed by atoms with Crippen molar-refractivity contribution in [2.45, 2.75) is 6.54 Å². The van der Waals surface area contributed by atoms with Crippen molar-refractivity contribution in [2.75, 3.05) is 0 Å². The molecule has 0 aliphatic carbocycles. The normalized spacial score (nSPS) is 10.8. The van der Waals surface area contributed by atoms with Crippen LogP contribution in [0.5, 0.6) is 0 Å². The number of H-pyrrole nitrogens is 1. The van der Waals surface area contributed by atoms with Gasteiger partial charge in [0.15, 0.2) is 0 Å². The summed E-state index contributed by atoms with van der Waals surface area (Å²) in [4.78, 5) is 11.7. The van der Waals surface area contributed by atoms with Gasteiger partial charge in [-0.2, -0.15) is 4.80 Å². The maximum atomic E-state index is 10.7. The first-order chi connectivity index (χ1) is 13.1. The second-order valence-corrected chi connectivity index (χ2v) is 6.12. The number of hydrogen-bond acceptors (Lipinski definition) is 6. The van der Waals surface area contributed by atoms with E-state index in [4.69, 9.17) is 12.2 Å². The highest BCUT2D eigenvalue weighted by Gasteiger charge is 2.13. The molecule has 0 radical (unpaired) electrons. The van der Waals surface area contributed by atoms with Gasteiger partial charge in [0.1, 0.15) is 4.64 Å². The molecule has 2 heterocycles. The van der Waals surface area contributed by atoms with Crippen LogP contribution in [0.4, 0.5) is 5.69 Å². The second-order valence-electron chi connectivity index (χ2n) is 5.73. The summed E-state index contributed by atoms with van der Waals surface area (Å²) in [6, 6.07) is 15.9. The van der Waals surface area contributed by atoms with Crippen molar-refractivity contribution in [3.05, 3.63) is 81.1 Å². The minimum absolute atomic E-state index is 0.0412. The lowest BCUT2D eigenvalue weighted by atomic mass is 10.2. The number of nitrogens with one attached hydrogen (secondary N) is 1. The number of para-hydroxylation sites is 1. The van der Waals surface area contributed by atoms with Gasteiger partial charge in [-0.05, 0) is 22.9 Å². The lowest BCUT2D eigenvalue weighted by molar-refractivity contribution is -0.384. The summed E-state index contributed by atoms with van der Waals surface area (Å²) in [5.74, 6) is 0.410. The highest BCUT2D eigenvalue weighted by atomic mass is 32.1. The zero-order chi connectivity index (χ0) is 18.8. The fraction of sp³-hybridized carbons (Fsp3) is 0.0588. The summed E-state index contributed by atoms with van der Waals surface area (Å²) in [5.41, 5.74) is 2.45. The number of benzene rings is 2. The van der Waals surface area contributed by atoms with Crippen molar-refractivity contribution < 1.29 is 4.92 Å². The summed E-state index contributed by atoms with van der Waals surface area (Å²) in [6.07, 6.45) is 1.74. The molecular formula is C17H13N7O2S. The van der Waals surface area contributed by atoms with Crippen LogP contribution in [-0.4, -0.2) is 34.9 Å². The van der Waals surface area contributed by atoms with Crippen molar-refractivity contribution >= 4 is 17.9 Å². The fourth-order valence-electron chi connectivity index (χ4n) is 2.60. The van der Waals surface area contributed by atoms with Crippen LogP contribution in [0.3, 0.4) is 0 Å². The Bertz CT molecular complexity index is 1150. The molecule has 2 aromatic heterocycles. The average molecular weight is 379 g/mol. The van der Waals surface area contributed by atoms with Gasteiger partial charge in [0.25, 0.3) is 5.69 Å². The summed E-state index contributed by atoms with van der Waals surface area (Å²) in [7, 11) is 0. The number of nitro groups is 1. The second kappa shape index (κ2) is 6.92. The molecule has 0 saturated heterocycles. The number of aromatic amines is 1. The number of non-ortho nitro benzene ring substituents is 1. The molecule has 27 heavy (non-hydrogen) atoms. The van der Waals surface area contributed by atoms with Crippen LogP contribution < -0.4 is 0 Å². The van der Waals surface area contributed by atoms with Gasteiger partial charge in [0, 0.05) is 18.3 Å². The summed E-state index contributed by atoms with van der Waals surface area (Å²) < 4.78 is 2.32. The first kappa shape index (κ1) is 16.8. The maximum absolute atomic E-state index is 10.7. The lowest BCUT2D eigenvalue weighted by Gasteiger charge is -2.00. The quantitative estimate of drug-likeness (QED) is 0.324. The van der Waals surface area contributed by atoms with E-state index in [9.17, 15) is 10.1 Å². The number of aromatic nitrogens is 6. The summed E-state index contributed by atoms with van der Waals surface area (Å²) >= 11 is 5.52. The minimum atomic E-state index is -0.436. The molecule has 1 N–H and O–H groups in total. The van der Waals surface area contributed by atoms with E-state index in [0.717, 1.165) is 11.3 Å². The Morgan fingerprint density at radius 1 is 1.11 bits per heavy atom. The molecule has 4 aromatic rings. The SMILES string of the molecule is O=[N+]([O-])c1ccc(Cn2nnc(-c3c[nH]n(-c4ccccc4)c3=S)n2)cc1. The molecule has 10 heteroatoms. The monoisotopic (exact) mass is 379 g/mol. The predicted octanol–water partition coefficient (Wildman–Crippen LogP) is 3.14. The van der Waals surface area contributed by atoms with E-state index in [1.54, 1.807) is 23.0 Å². The number of nitrogens with zero attached hydrogens (tertiary/aromatic N) is 6. The predicted molar refractivity (Wildman–Crippen MR) is 100.0 cm³/mol. The average Bonchev–Trinajstić information content (AvgIpc) is 3.29. The van der Waals surface area contributed by atoms with Crippen LogP contribution in [0, 0.1) is 14.8 Å². The third-order valence-corrected chi connectivity index (χ3v) is 4.35. The Morgan fingerprint density at radius 3 is 2.56 bits per heavy atom. The van der Waals surface area contributed by atoms with Crippen LogP contribution in [0.15, 0.2) is 60.8 Å². The smallest absolute Gasteiger partial charge is 0.269 e. The minimum Gasteiger partial charge on any atom is -0.299 e. The van der Waals surface area contributed by atoms with Crippen molar-refractivity contribution in [2.24, 2.45) is 0 Å². The zero-order valence-corrected chi connectivity index (χ0v) is 14.7. The van der Waals surface area contributed by atoms with Crippen molar-refractivity contribution in [1.29, 1.82) is 0 Å². The number of rotatable bonds is 5. The highest BCUT2D eigenvalue weighted by Crippen LogP contribution is 2.19. The zero-order valence-electron chi connectivity index (χ0n) is 13.9. The van der Waals surface area contributed by atoms with Crippen molar-refractivity contribution in [3.8, 4) is 17.1 Å². The molecule has 134 valence electrons. The van der Waals surface area contributed by atoms with Gasteiger partial charge in [0.2, 0.25) is 5.82 Å². The van der Waals surface area contributed by atoms with Crippen molar-refractivity contribution in [3.63, 3.8) is 0 Å². The molecule has 0 aliphatic heterocycles. The fourth-order valence-corrected chi connectivity index (χ4v) is 2.91. The Morgan fingerprint density at radius 2 is 1.85 bits per heavy atom. The third kappa shape index (κ3) is 3.37. The number of nitro benzene ring substituents is 1. The third-order valence-electron chi connectivity index (χ3n) is 3.95. The summed E-state index contributed by atoms with van der Waals surface area (Å²) in [5, 5.41) is 26.3. The van der Waals surface area contributed by atoms with Gasteiger partial charge < -0.3 is 0 Å². The molecule has 0 spiro atoms. The molecule has 0 unspecified atom stereocenters. The van der Waals surface area contributed by atoms with Crippen molar-refractivity contribution in [1.82, 2.24) is 30.0 Å². The molecule has 0 atom stereocenters. The highest BCUT2D eigenvalue weighted by molar-refractivity contribution is 7.71. The van der Waals surface area contributed by atoms with Gasteiger partial charge in [-0.1, -0.05) is 42.5 Å². The Kier molecular flexibility index (Phi) is 4.30. The topological polar surface area (TPSA) is 107 Å². The Labute approximate surface area is 158 Å². The molecule has 9 nitrogen and oxygen atoms in total. The van der Waals surface area contributed by atoms with E-state index in [1.807, 2.05) is 30.3 Å². The molecule has 2 aromatic carbocycles. The van der Waals surface area contributed by atoms with Crippen LogP contribution in [0.2, 0.25) is 0 Å². The molecule has 0 aliphatic rings. The Hall–Kier alpha value is -3.66. The van der Waals surface area contributed by atoms with E-state index in [0.29, 0.717) is 22.6 Å². The Balaban J connectivity index is 1.57. The molecule has 0 fully saturated rings. The van der Waals surface area contributed by atoms with E-state index in [1.165, 1.54) is 16.9 Å².